The highest BCUT2D eigenvalue weighted by Gasteiger charge is 2.03. The zero-order chi connectivity index (χ0) is 9.80. The molecule has 2 heteroatoms. The van der Waals surface area contributed by atoms with Crippen molar-refractivity contribution in [2.24, 2.45) is 0 Å². The summed E-state index contributed by atoms with van der Waals surface area (Å²) < 4.78 is 0. The number of nitrogens with zero attached hydrogens (tertiary/aromatic N) is 1. The lowest BCUT2D eigenvalue weighted by molar-refractivity contribution is 1.41. The van der Waals surface area contributed by atoms with E-state index in [1.165, 1.54) is 11.1 Å². The monoisotopic (exact) mass is 201 g/mol. The summed E-state index contributed by atoms with van der Waals surface area (Å²) in [6.07, 6.45) is 6.00. The van der Waals surface area contributed by atoms with E-state index in [1.807, 2.05) is 36.7 Å². The highest BCUT2D eigenvalue weighted by molar-refractivity contribution is 7.13. The van der Waals surface area contributed by atoms with Crippen LogP contribution in [0.2, 0.25) is 0 Å². The molecule has 1 heterocycles. The molecule has 0 spiro atoms. The summed E-state index contributed by atoms with van der Waals surface area (Å²) in [6.45, 7) is 2.03. The van der Waals surface area contributed by atoms with Crippen molar-refractivity contribution in [3.63, 3.8) is 0 Å². The molecule has 2 aromatic rings. The lowest BCUT2D eigenvalue weighted by Gasteiger charge is -2.01. The normalized spacial score (nSPS) is 10.9. The molecule has 0 radical (unpaired) electrons. The number of hydrogen-bond donors (Lipinski definition) is 0. The van der Waals surface area contributed by atoms with Gasteiger partial charge in [-0.2, -0.15) is 0 Å². The predicted octanol–water partition coefficient (Wildman–Crippen LogP) is 3.84. The van der Waals surface area contributed by atoms with Crippen molar-refractivity contribution in [3.8, 4) is 10.6 Å². The number of benzene rings is 1. The number of allylic oxidation sites excluding steroid dienone is 1. The summed E-state index contributed by atoms with van der Waals surface area (Å²) in [5, 5.41) is 3.08. The molecule has 0 bridgehead atoms. The van der Waals surface area contributed by atoms with E-state index in [1.54, 1.807) is 11.3 Å². The van der Waals surface area contributed by atoms with Gasteiger partial charge < -0.3 is 0 Å². The lowest BCUT2D eigenvalue weighted by Crippen LogP contribution is -1.80. The molecule has 0 aliphatic heterocycles. The molecule has 0 fully saturated rings. The van der Waals surface area contributed by atoms with Gasteiger partial charge in [0, 0.05) is 17.1 Å². The summed E-state index contributed by atoms with van der Waals surface area (Å²) in [5.41, 5.74) is 2.44. The Bertz CT molecular complexity index is 429. The van der Waals surface area contributed by atoms with Crippen LogP contribution < -0.4 is 0 Å². The number of hydrogen-bond acceptors (Lipinski definition) is 2. The second kappa shape index (κ2) is 4.20. The number of rotatable bonds is 2. The Hall–Kier alpha value is -1.41. The molecule has 1 aromatic carbocycles. The standard InChI is InChI=1S/C12H11NS/c1-2-5-10-6-3-4-7-11(10)12-13-8-9-14-12/h2-9H,1H3/b5-2+. The second-order valence-electron chi connectivity index (χ2n) is 2.92. The lowest BCUT2D eigenvalue weighted by atomic mass is 10.1. The molecule has 0 aliphatic carbocycles. The first kappa shape index (κ1) is 9.16. The van der Waals surface area contributed by atoms with E-state index in [9.17, 15) is 0 Å². The van der Waals surface area contributed by atoms with Crippen LogP contribution in [0.3, 0.4) is 0 Å². The van der Waals surface area contributed by atoms with Crippen LogP contribution in [-0.4, -0.2) is 4.98 Å². The van der Waals surface area contributed by atoms with E-state index in [2.05, 4.69) is 23.2 Å². The number of thiazole rings is 1. The molecule has 70 valence electrons. The fraction of sp³-hybridized carbons (Fsp3) is 0.0833. The van der Waals surface area contributed by atoms with Crippen molar-refractivity contribution in [1.82, 2.24) is 4.98 Å². The zero-order valence-corrected chi connectivity index (χ0v) is 8.79. The van der Waals surface area contributed by atoms with Crippen LogP contribution >= 0.6 is 11.3 Å². The maximum atomic E-state index is 4.31. The Morgan fingerprint density at radius 2 is 2.14 bits per heavy atom. The van der Waals surface area contributed by atoms with Gasteiger partial charge in [-0.1, -0.05) is 36.4 Å². The quantitative estimate of drug-likeness (QED) is 0.719. The van der Waals surface area contributed by atoms with Crippen molar-refractivity contribution in [3.05, 3.63) is 47.5 Å². The Labute approximate surface area is 87.8 Å². The molecule has 1 aromatic heterocycles. The van der Waals surface area contributed by atoms with Gasteiger partial charge >= 0.3 is 0 Å². The van der Waals surface area contributed by atoms with Crippen LogP contribution in [0.15, 0.2) is 41.9 Å². The Morgan fingerprint density at radius 1 is 1.29 bits per heavy atom. The fourth-order valence-electron chi connectivity index (χ4n) is 1.37. The summed E-state index contributed by atoms with van der Waals surface area (Å²) in [5.74, 6) is 0. The third-order valence-electron chi connectivity index (χ3n) is 1.97. The van der Waals surface area contributed by atoms with Crippen molar-refractivity contribution >= 4 is 17.4 Å². The van der Waals surface area contributed by atoms with E-state index in [0.717, 1.165) is 5.01 Å². The van der Waals surface area contributed by atoms with Gasteiger partial charge in [-0.15, -0.1) is 11.3 Å². The van der Waals surface area contributed by atoms with Crippen LogP contribution in [0.1, 0.15) is 12.5 Å². The Morgan fingerprint density at radius 3 is 2.86 bits per heavy atom. The third-order valence-corrected chi connectivity index (χ3v) is 2.78. The minimum absolute atomic E-state index is 1.08. The minimum Gasteiger partial charge on any atom is -0.245 e. The molecule has 0 atom stereocenters. The maximum absolute atomic E-state index is 4.31. The van der Waals surface area contributed by atoms with Gasteiger partial charge in [0.15, 0.2) is 0 Å². The Kier molecular flexibility index (Phi) is 2.75. The van der Waals surface area contributed by atoms with Gasteiger partial charge in [0.05, 0.1) is 0 Å². The second-order valence-corrected chi connectivity index (χ2v) is 3.82. The van der Waals surface area contributed by atoms with Crippen molar-refractivity contribution in [1.29, 1.82) is 0 Å². The largest absolute Gasteiger partial charge is 0.245 e. The van der Waals surface area contributed by atoms with Gasteiger partial charge in [0.2, 0.25) is 0 Å². The first-order valence-corrected chi connectivity index (χ1v) is 5.41. The molecule has 0 saturated heterocycles. The van der Waals surface area contributed by atoms with Crippen LogP contribution in [-0.2, 0) is 0 Å². The van der Waals surface area contributed by atoms with Crippen molar-refractivity contribution in [2.75, 3.05) is 0 Å². The smallest absolute Gasteiger partial charge is 0.123 e. The molecule has 0 amide bonds. The molecule has 0 N–H and O–H groups in total. The van der Waals surface area contributed by atoms with Crippen LogP contribution in [0.5, 0.6) is 0 Å². The Balaban J connectivity index is 2.52. The topological polar surface area (TPSA) is 12.9 Å². The zero-order valence-electron chi connectivity index (χ0n) is 7.97. The summed E-state index contributed by atoms with van der Waals surface area (Å²) in [7, 11) is 0. The average Bonchev–Trinajstić information content (AvgIpc) is 2.72. The molecule has 0 aliphatic rings. The van der Waals surface area contributed by atoms with Gasteiger partial charge in [0.25, 0.3) is 0 Å². The molecule has 14 heavy (non-hydrogen) atoms. The SMILES string of the molecule is C/C=C/c1ccccc1-c1nccs1. The summed E-state index contributed by atoms with van der Waals surface area (Å²) in [6, 6.07) is 8.31. The van der Waals surface area contributed by atoms with Gasteiger partial charge in [0.1, 0.15) is 5.01 Å². The van der Waals surface area contributed by atoms with Gasteiger partial charge in [-0.25, -0.2) is 4.98 Å². The first-order chi connectivity index (χ1) is 6.92. The summed E-state index contributed by atoms with van der Waals surface area (Å²) >= 11 is 1.67. The van der Waals surface area contributed by atoms with Crippen molar-refractivity contribution < 1.29 is 0 Å². The van der Waals surface area contributed by atoms with Crippen LogP contribution in [0.4, 0.5) is 0 Å². The molecule has 0 unspecified atom stereocenters. The third kappa shape index (κ3) is 1.75. The first-order valence-electron chi connectivity index (χ1n) is 4.53. The molecule has 2 rings (SSSR count). The van der Waals surface area contributed by atoms with Crippen molar-refractivity contribution in [2.45, 2.75) is 6.92 Å². The highest BCUT2D eigenvalue weighted by atomic mass is 32.1. The van der Waals surface area contributed by atoms with E-state index in [-0.39, 0.29) is 0 Å². The van der Waals surface area contributed by atoms with Crippen LogP contribution in [0.25, 0.3) is 16.6 Å². The van der Waals surface area contributed by atoms with E-state index in [0.29, 0.717) is 0 Å². The predicted molar refractivity (Wildman–Crippen MR) is 62.3 cm³/mol. The van der Waals surface area contributed by atoms with E-state index in [4.69, 9.17) is 0 Å². The molecule has 0 saturated carbocycles. The van der Waals surface area contributed by atoms with E-state index >= 15 is 0 Å². The molecular formula is C12H11NS. The number of aromatic nitrogens is 1. The summed E-state index contributed by atoms with van der Waals surface area (Å²) in [4.78, 5) is 4.31. The average molecular weight is 201 g/mol. The fourth-order valence-corrected chi connectivity index (χ4v) is 2.06. The highest BCUT2D eigenvalue weighted by Crippen LogP contribution is 2.26. The molecule has 1 nitrogen and oxygen atoms in total. The van der Waals surface area contributed by atoms with E-state index < -0.39 is 0 Å². The maximum Gasteiger partial charge on any atom is 0.123 e. The van der Waals surface area contributed by atoms with Gasteiger partial charge in [-0.3, -0.25) is 0 Å². The van der Waals surface area contributed by atoms with Crippen LogP contribution in [0, 0.1) is 0 Å². The van der Waals surface area contributed by atoms with Gasteiger partial charge in [-0.05, 0) is 12.5 Å². The molecular weight excluding hydrogens is 190 g/mol. The minimum atomic E-state index is 1.08.